The first kappa shape index (κ1) is 24.9. The second kappa shape index (κ2) is 10.3. The van der Waals surface area contributed by atoms with Crippen molar-refractivity contribution in [2.45, 2.75) is 52.6 Å². The minimum absolute atomic E-state index is 0.0944. The lowest BCUT2D eigenvalue weighted by Gasteiger charge is -2.43. The molecule has 1 aliphatic rings. The zero-order valence-electron chi connectivity index (χ0n) is 19.2. The fourth-order valence-corrected chi connectivity index (χ4v) is 3.92. The van der Waals surface area contributed by atoms with Crippen LogP contribution in [-0.4, -0.2) is 48.8 Å². The highest BCUT2D eigenvalue weighted by molar-refractivity contribution is 6.02. The van der Waals surface area contributed by atoms with E-state index >= 15 is 0 Å². The van der Waals surface area contributed by atoms with Crippen molar-refractivity contribution in [1.29, 1.82) is 0 Å². The summed E-state index contributed by atoms with van der Waals surface area (Å²) >= 11 is 0. The molecule has 0 unspecified atom stereocenters. The first-order chi connectivity index (χ1) is 14.5. The fourth-order valence-electron chi connectivity index (χ4n) is 3.92. The molecule has 0 bridgehead atoms. The Kier molecular flexibility index (Phi) is 8.23. The number of Topliss-reactive ketones (excluding diaryl/α,β-unsaturated/α-hetero) is 1. The van der Waals surface area contributed by atoms with E-state index in [0.717, 1.165) is 0 Å². The average molecular weight is 435 g/mol. The summed E-state index contributed by atoms with van der Waals surface area (Å²) in [4.78, 5) is 39.1. The molecule has 0 amide bonds. The Bertz CT molecular complexity index is 780. The lowest BCUT2D eigenvalue weighted by molar-refractivity contribution is -0.173. The summed E-state index contributed by atoms with van der Waals surface area (Å²) in [7, 11) is 1.53. The van der Waals surface area contributed by atoms with Crippen LogP contribution in [0.4, 0.5) is 0 Å². The maximum absolute atomic E-state index is 13.1. The number of aliphatic hydroxyl groups is 1. The molecular formula is C24H34O7. The van der Waals surface area contributed by atoms with E-state index in [4.69, 9.17) is 14.2 Å². The first-order valence-electron chi connectivity index (χ1n) is 10.7. The number of ketones is 1. The van der Waals surface area contributed by atoms with Gasteiger partial charge in [0.1, 0.15) is 11.7 Å². The van der Waals surface area contributed by atoms with E-state index in [2.05, 4.69) is 0 Å². The normalized spacial score (nSPS) is 26.1. The van der Waals surface area contributed by atoms with Crippen molar-refractivity contribution in [3.8, 4) is 5.75 Å². The van der Waals surface area contributed by atoms with Gasteiger partial charge in [0.15, 0.2) is 5.78 Å². The van der Waals surface area contributed by atoms with Crippen LogP contribution in [0.25, 0.3) is 0 Å². The summed E-state index contributed by atoms with van der Waals surface area (Å²) in [6.07, 6.45) is -0.331. The molecule has 1 aliphatic carbocycles. The van der Waals surface area contributed by atoms with Crippen LogP contribution >= 0.6 is 0 Å². The van der Waals surface area contributed by atoms with Gasteiger partial charge in [0, 0.05) is 12.3 Å². The minimum Gasteiger partial charge on any atom is -0.497 e. The molecule has 0 aliphatic heterocycles. The smallest absolute Gasteiger partial charge is 0.317 e. The van der Waals surface area contributed by atoms with Gasteiger partial charge >= 0.3 is 11.9 Å². The Morgan fingerprint density at radius 1 is 1.03 bits per heavy atom. The number of methoxy groups -OCH3 is 1. The van der Waals surface area contributed by atoms with Crippen molar-refractivity contribution in [3.63, 3.8) is 0 Å². The maximum Gasteiger partial charge on any atom is 0.317 e. The molecule has 7 heteroatoms. The SMILES string of the molecule is COc1ccc([C@@H]2[C@H](C(=O)OCC(C)C)C(=O)C[C@@](C)(O)[C@H]2C(=O)OCC(C)C)cc1. The van der Waals surface area contributed by atoms with Crippen LogP contribution in [0.1, 0.15) is 52.5 Å². The Labute approximate surface area is 184 Å². The van der Waals surface area contributed by atoms with E-state index in [-0.39, 0.29) is 31.5 Å². The molecular weight excluding hydrogens is 400 g/mol. The van der Waals surface area contributed by atoms with Gasteiger partial charge in [0.2, 0.25) is 0 Å². The average Bonchev–Trinajstić information content (AvgIpc) is 2.69. The number of benzene rings is 1. The standard InChI is InChI=1S/C24H34O7/c1-14(2)12-30-22(26)20-18(25)11-24(5,28)21(23(27)31-13-15(3)4)19(20)16-7-9-17(29-6)10-8-16/h7-10,14-15,19-21,28H,11-13H2,1-6H3/t19-,20-,21-,24-/m1/s1. The molecule has 1 fully saturated rings. The minimum atomic E-state index is -1.66. The summed E-state index contributed by atoms with van der Waals surface area (Å²) in [5, 5.41) is 11.1. The van der Waals surface area contributed by atoms with E-state index in [1.165, 1.54) is 14.0 Å². The number of esters is 2. The van der Waals surface area contributed by atoms with E-state index in [9.17, 15) is 19.5 Å². The van der Waals surface area contributed by atoms with Crippen LogP contribution < -0.4 is 4.74 Å². The van der Waals surface area contributed by atoms with Gasteiger partial charge < -0.3 is 19.3 Å². The fraction of sp³-hybridized carbons (Fsp3) is 0.625. The Morgan fingerprint density at radius 2 is 1.55 bits per heavy atom. The zero-order chi connectivity index (χ0) is 23.3. The van der Waals surface area contributed by atoms with Gasteiger partial charge in [-0.15, -0.1) is 0 Å². The van der Waals surface area contributed by atoms with Gasteiger partial charge in [-0.05, 0) is 36.5 Å². The first-order valence-corrected chi connectivity index (χ1v) is 10.7. The molecule has 1 N–H and O–H groups in total. The Hall–Kier alpha value is -2.41. The molecule has 1 saturated carbocycles. The van der Waals surface area contributed by atoms with E-state index in [1.807, 2.05) is 27.7 Å². The van der Waals surface area contributed by atoms with Gasteiger partial charge in [0.25, 0.3) is 0 Å². The van der Waals surface area contributed by atoms with Crippen molar-refractivity contribution in [2.24, 2.45) is 23.7 Å². The Balaban J connectivity index is 2.52. The highest BCUT2D eigenvalue weighted by Gasteiger charge is 2.57. The molecule has 0 saturated heterocycles. The molecule has 7 nitrogen and oxygen atoms in total. The second-order valence-electron chi connectivity index (χ2n) is 9.30. The van der Waals surface area contributed by atoms with Gasteiger partial charge in [-0.3, -0.25) is 14.4 Å². The third kappa shape index (κ3) is 6.06. The van der Waals surface area contributed by atoms with Crippen LogP contribution in [0.15, 0.2) is 24.3 Å². The molecule has 0 radical (unpaired) electrons. The number of rotatable bonds is 8. The van der Waals surface area contributed by atoms with E-state index in [0.29, 0.717) is 11.3 Å². The number of hydrogen-bond acceptors (Lipinski definition) is 7. The molecule has 4 atom stereocenters. The summed E-state index contributed by atoms with van der Waals surface area (Å²) in [5.41, 5.74) is -1.10. The van der Waals surface area contributed by atoms with Crippen LogP contribution in [0.3, 0.4) is 0 Å². The predicted molar refractivity (Wildman–Crippen MR) is 115 cm³/mol. The molecule has 2 rings (SSSR count). The second-order valence-corrected chi connectivity index (χ2v) is 9.30. The van der Waals surface area contributed by atoms with Crippen molar-refractivity contribution < 1.29 is 33.7 Å². The van der Waals surface area contributed by atoms with Gasteiger partial charge in [-0.1, -0.05) is 39.8 Å². The summed E-state index contributed by atoms with van der Waals surface area (Å²) in [6.45, 7) is 9.39. The lowest BCUT2D eigenvalue weighted by Crippen LogP contribution is -2.55. The van der Waals surface area contributed by atoms with Crippen LogP contribution in [0.2, 0.25) is 0 Å². The predicted octanol–water partition coefficient (Wildman–Crippen LogP) is 3.13. The highest BCUT2D eigenvalue weighted by Crippen LogP contribution is 2.47. The third-order valence-electron chi connectivity index (χ3n) is 5.39. The molecule has 0 spiro atoms. The quantitative estimate of drug-likeness (QED) is 0.496. The number of ether oxygens (including phenoxy) is 3. The lowest BCUT2D eigenvalue weighted by atomic mass is 9.61. The van der Waals surface area contributed by atoms with Crippen LogP contribution in [0.5, 0.6) is 5.75 Å². The molecule has 31 heavy (non-hydrogen) atoms. The topological polar surface area (TPSA) is 99.1 Å². The van der Waals surface area contributed by atoms with E-state index in [1.54, 1.807) is 24.3 Å². The monoisotopic (exact) mass is 434 g/mol. The Morgan fingerprint density at radius 3 is 2.03 bits per heavy atom. The molecule has 172 valence electrons. The summed E-state index contributed by atoms with van der Waals surface area (Å²) in [5.74, 6) is -4.20. The van der Waals surface area contributed by atoms with Crippen molar-refractivity contribution >= 4 is 17.7 Å². The zero-order valence-corrected chi connectivity index (χ0v) is 19.2. The van der Waals surface area contributed by atoms with Crippen LogP contribution in [-0.2, 0) is 23.9 Å². The number of carbonyl (C=O) groups is 3. The summed E-state index contributed by atoms with van der Waals surface area (Å²) in [6, 6.07) is 6.78. The number of carbonyl (C=O) groups excluding carboxylic acids is 3. The van der Waals surface area contributed by atoms with Crippen LogP contribution in [0, 0.1) is 23.7 Å². The third-order valence-corrected chi connectivity index (χ3v) is 5.39. The molecule has 1 aromatic carbocycles. The molecule has 0 aromatic heterocycles. The van der Waals surface area contributed by atoms with Crippen molar-refractivity contribution in [2.75, 3.05) is 20.3 Å². The molecule has 0 heterocycles. The van der Waals surface area contributed by atoms with Crippen molar-refractivity contribution in [3.05, 3.63) is 29.8 Å². The van der Waals surface area contributed by atoms with E-state index < -0.39 is 41.1 Å². The summed E-state index contributed by atoms with van der Waals surface area (Å²) < 4.78 is 16.0. The highest BCUT2D eigenvalue weighted by atomic mass is 16.5. The largest absolute Gasteiger partial charge is 0.497 e. The maximum atomic E-state index is 13.1. The van der Waals surface area contributed by atoms with Gasteiger partial charge in [-0.2, -0.15) is 0 Å². The van der Waals surface area contributed by atoms with Gasteiger partial charge in [0.05, 0.1) is 31.8 Å². The molecule has 1 aromatic rings. The van der Waals surface area contributed by atoms with Crippen molar-refractivity contribution in [1.82, 2.24) is 0 Å². The number of hydrogen-bond donors (Lipinski definition) is 1. The van der Waals surface area contributed by atoms with Gasteiger partial charge in [-0.25, -0.2) is 0 Å².